The van der Waals surface area contributed by atoms with Crippen LogP contribution in [0.5, 0.6) is 5.75 Å². The quantitative estimate of drug-likeness (QED) is 0.402. The number of para-hydroxylation sites is 1. The molecule has 0 aliphatic rings. The highest BCUT2D eigenvalue weighted by Gasteiger charge is 2.10. The van der Waals surface area contributed by atoms with Gasteiger partial charge in [-0.05, 0) is 25.0 Å². The van der Waals surface area contributed by atoms with Gasteiger partial charge in [-0.15, -0.1) is 0 Å². The number of nitriles is 1. The van der Waals surface area contributed by atoms with E-state index in [9.17, 15) is 10.1 Å². The number of nitrogens with zero attached hydrogens (tertiary/aromatic N) is 1. The van der Waals surface area contributed by atoms with Crippen LogP contribution >= 0.6 is 0 Å². The second-order valence-electron chi connectivity index (χ2n) is 5.37. The molecular weight excluding hydrogens is 288 g/mol. The van der Waals surface area contributed by atoms with E-state index < -0.39 is 0 Å². The van der Waals surface area contributed by atoms with E-state index in [1.165, 1.54) is 6.42 Å². The topological polar surface area (TPSA) is 62.1 Å². The van der Waals surface area contributed by atoms with E-state index in [-0.39, 0.29) is 11.5 Å². The van der Waals surface area contributed by atoms with Crippen LogP contribution in [0.15, 0.2) is 29.8 Å². The minimum Gasteiger partial charge on any atom is -0.493 e. The highest BCUT2D eigenvalue weighted by Crippen LogP contribution is 2.21. The Kier molecular flexibility index (Phi) is 9.23. The fourth-order valence-corrected chi connectivity index (χ4v) is 2.10. The van der Waals surface area contributed by atoms with E-state index in [0.717, 1.165) is 31.2 Å². The van der Waals surface area contributed by atoms with Crippen LogP contribution in [0.25, 0.3) is 6.08 Å². The Hall–Kier alpha value is -2.28. The normalized spacial score (nSPS) is 10.9. The Labute approximate surface area is 139 Å². The summed E-state index contributed by atoms with van der Waals surface area (Å²) in [5.41, 5.74) is 0.853. The number of amides is 1. The predicted octanol–water partition coefficient (Wildman–Crippen LogP) is 4.08. The van der Waals surface area contributed by atoms with Gasteiger partial charge in [-0.1, -0.05) is 51.3 Å². The molecular formula is C19H26N2O2. The number of hydrogen-bond acceptors (Lipinski definition) is 3. The van der Waals surface area contributed by atoms with Crippen molar-refractivity contribution in [2.75, 3.05) is 13.2 Å². The Morgan fingerprint density at radius 3 is 2.70 bits per heavy atom. The Morgan fingerprint density at radius 2 is 2.00 bits per heavy atom. The first-order valence-corrected chi connectivity index (χ1v) is 8.34. The van der Waals surface area contributed by atoms with Gasteiger partial charge in [0.1, 0.15) is 17.4 Å². The van der Waals surface area contributed by atoms with Crippen LogP contribution in [-0.4, -0.2) is 19.1 Å². The van der Waals surface area contributed by atoms with Crippen molar-refractivity contribution in [2.24, 2.45) is 0 Å². The van der Waals surface area contributed by atoms with E-state index >= 15 is 0 Å². The van der Waals surface area contributed by atoms with E-state index in [4.69, 9.17) is 4.74 Å². The first-order chi connectivity index (χ1) is 11.2. The van der Waals surface area contributed by atoms with Crippen molar-refractivity contribution in [3.63, 3.8) is 0 Å². The van der Waals surface area contributed by atoms with Gasteiger partial charge in [0.25, 0.3) is 5.91 Å². The van der Waals surface area contributed by atoms with Crippen molar-refractivity contribution < 1.29 is 9.53 Å². The molecule has 0 aliphatic heterocycles. The maximum absolute atomic E-state index is 12.1. The molecule has 1 N–H and O–H groups in total. The van der Waals surface area contributed by atoms with E-state index in [2.05, 4.69) is 12.2 Å². The van der Waals surface area contributed by atoms with Crippen molar-refractivity contribution in [3.05, 3.63) is 35.4 Å². The summed E-state index contributed by atoms with van der Waals surface area (Å²) in [5, 5.41) is 12.1. The molecule has 0 saturated heterocycles. The van der Waals surface area contributed by atoms with Gasteiger partial charge in [-0.2, -0.15) is 5.26 Å². The lowest BCUT2D eigenvalue weighted by Gasteiger charge is -2.08. The smallest absolute Gasteiger partial charge is 0.261 e. The molecule has 0 aromatic heterocycles. The fourth-order valence-electron chi connectivity index (χ4n) is 2.10. The SMILES string of the molecule is CCCCCCNC(=O)/C(C#N)=C/c1ccccc1OCCC. The van der Waals surface area contributed by atoms with Gasteiger partial charge in [-0.3, -0.25) is 4.79 Å². The lowest BCUT2D eigenvalue weighted by Crippen LogP contribution is -2.25. The van der Waals surface area contributed by atoms with Crippen LogP contribution in [0.2, 0.25) is 0 Å². The second-order valence-corrected chi connectivity index (χ2v) is 5.37. The minimum atomic E-state index is -0.325. The van der Waals surface area contributed by atoms with E-state index in [1.54, 1.807) is 6.08 Å². The molecule has 4 heteroatoms. The molecule has 0 aliphatic carbocycles. The molecule has 1 amide bonds. The molecule has 0 unspecified atom stereocenters. The molecule has 1 aromatic carbocycles. The fraction of sp³-hybridized carbons (Fsp3) is 0.474. The summed E-state index contributed by atoms with van der Waals surface area (Å²) in [7, 11) is 0. The zero-order valence-corrected chi connectivity index (χ0v) is 14.1. The van der Waals surface area contributed by atoms with Crippen molar-refractivity contribution in [1.82, 2.24) is 5.32 Å². The number of nitrogens with one attached hydrogen (secondary N) is 1. The van der Waals surface area contributed by atoms with Crippen molar-refractivity contribution >= 4 is 12.0 Å². The van der Waals surface area contributed by atoms with Gasteiger partial charge in [0.2, 0.25) is 0 Å². The highest BCUT2D eigenvalue weighted by atomic mass is 16.5. The third kappa shape index (κ3) is 7.01. The number of benzene rings is 1. The molecule has 0 atom stereocenters. The molecule has 1 aromatic rings. The second kappa shape index (κ2) is 11.3. The van der Waals surface area contributed by atoms with Crippen molar-refractivity contribution in [2.45, 2.75) is 46.0 Å². The number of ether oxygens (including phenoxy) is 1. The van der Waals surface area contributed by atoms with Gasteiger partial charge < -0.3 is 10.1 Å². The molecule has 124 valence electrons. The molecule has 0 heterocycles. The van der Waals surface area contributed by atoms with Crippen molar-refractivity contribution in [3.8, 4) is 11.8 Å². The van der Waals surface area contributed by atoms with Crippen LogP contribution in [0.3, 0.4) is 0 Å². The van der Waals surface area contributed by atoms with Crippen LogP contribution < -0.4 is 10.1 Å². The van der Waals surface area contributed by atoms with Gasteiger partial charge in [0.05, 0.1) is 6.61 Å². The van der Waals surface area contributed by atoms with Crippen LogP contribution in [0, 0.1) is 11.3 Å². The minimum absolute atomic E-state index is 0.105. The number of carbonyl (C=O) groups excluding carboxylic acids is 1. The molecule has 0 saturated carbocycles. The summed E-state index contributed by atoms with van der Waals surface area (Å²) >= 11 is 0. The number of rotatable bonds is 10. The van der Waals surface area contributed by atoms with Crippen LogP contribution in [0.4, 0.5) is 0 Å². The van der Waals surface area contributed by atoms with Crippen LogP contribution in [0.1, 0.15) is 51.5 Å². The Balaban J connectivity index is 2.71. The van der Waals surface area contributed by atoms with Gasteiger partial charge in [-0.25, -0.2) is 0 Å². The third-order valence-corrected chi connectivity index (χ3v) is 3.36. The number of carbonyl (C=O) groups is 1. The summed E-state index contributed by atoms with van der Waals surface area (Å²) < 4.78 is 5.65. The summed E-state index contributed by atoms with van der Waals surface area (Å²) in [4.78, 5) is 12.1. The summed E-state index contributed by atoms with van der Waals surface area (Å²) in [6, 6.07) is 9.41. The maximum atomic E-state index is 12.1. The summed E-state index contributed by atoms with van der Waals surface area (Å²) in [5.74, 6) is 0.368. The van der Waals surface area contributed by atoms with Crippen LogP contribution in [-0.2, 0) is 4.79 Å². The summed E-state index contributed by atoms with van der Waals surface area (Å²) in [6.45, 7) is 5.39. The highest BCUT2D eigenvalue weighted by molar-refractivity contribution is 6.01. The lowest BCUT2D eigenvalue weighted by molar-refractivity contribution is -0.117. The Morgan fingerprint density at radius 1 is 1.22 bits per heavy atom. The largest absolute Gasteiger partial charge is 0.493 e. The van der Waals surface area contributed by atoms with Gasteiger partial charge in [0.15, 0.2) is 0 Å². The Bertz CT molecular complexity index is 559. The zero-order chi connectivity index (χ0) is 16.9. The molecule has 1 rings (SSSR count). The summed E-state index contributed by atoms with van der Waals surface area (Å²) in [6.07, 6.45) is 6.85. The third-order valence-electron chi connectivity index (χ3n) is 3.36. The molecule has 23 heavy (non-hydrogen) atoms. The molecule has 0 bridgehead atoms. The average Bonchev–Trinajstić information content (AvgIpc) is 2.58. The zero-order valence-electron chi connectivity index (χ0n) is 14.1. The molecule has 4 nitrogen and oxygen atoms in total. The van der Waals surface area contributed by atoms with Crippen molar-refractivity contribution in [1.29, 1.82) is 5.26 Å². The standard InChI is InChI=1S/C19H26N2O2/c1-3-5-6-9-12-21-19(22)17(15-20)14-16-10-7-8-11-18(16)23-13-4-2/h7-8,10-11,14H,3-6,9,12-13H2,1-2H3,(H,21,22)/b17-14+. The van der Waals surface area contributed by atoms with E-state index in [0.29, 0.717) is 18.9 Å². The first kappa shape index (κ1) is 18.8. The average molecular weight is 314 g/mol. The lowest BCUT2D eigenvalue weighted by atomic mass is 10.1. The molecule has 0 radical (unpaired) electrons. The van der Waals surface area contributed by atoms with E-state index in [1.807, 2.05) is 37.3 Å². The first-order valence-electron chi connectivity index (χ1n) is 8.34. The molecule has 0 fully saturated rings. The monoisotopic (exact) mass is 314 g/mol. The number of unbranched alkanes of at least 4 members (excludes halogenated alkanes) is 3. The maximum Gasteiger partial charge on any atom is 0.261 e. The molecule has 0 spiro atoms. The number of hydrogen-bond donors (Lipinski definition) is 1. The van der Waals surface area contributed by atoms with Gasteiger partial charge >= 0.3 is 0 Å². The predicted molar refractivity (Wildman–Crippen MR) is 93.0 cm³/mol. The van der Waals surface area contributed by atoms with Gasteiger partial charge in [0, 0.05) is 12.1 Å².